The number of carboxylic acids is 1. The van der Waals surface area contributed by atoms with E-state index in [4.69, 9.17) is 16.3 Å². The summed E-state index contributed by atoms with van der Waals surface area (Å²) in [6, 6.07) is 9.90. The van der Waals surface area contributed by atoms with E-state index in [1.54, 1.807) is 24.3 Å². The van der Waals surface area contributed by atoms with Crippen LogP contribution >= 0.6 is 11.6 Å². The summed E-state index contributed by atoms with van der Waals surface area (Å²) in [5, 5.41) is 9.28. The van der Waals surface area contributed by atoms with Crippen molar-refractivity contribution in [2.45, 2.75) is 45.6 Å². The van der Waals surface area contributed by atoms with Crippen molar-refractivity contribution in [1.29, 1.82) is 0 Å². The van der Waals surface area contributed by atoms with Crippen LogP contribution in [0.15, 0.2) is 36.4 Å². The first-order valence-corrected chi connectivity index (χ1v) is 10.7. The van der Waals surface area contributed by atoms with Crippen molar-refractivity contribution >= 4 is 23.5 Å². The number of hydrogen-bond acceptors (Lipinski definition) is 3. The first kappa shape index (κ1) is 23.1. The summed E-state index contributed by atoms with van der Waals surface area (Å²) >= 11 is 5.77. The zero-order valence-corrected chi connectivity index (χ0v) is 18.7. The van der Waals surface area contributed by atoms with Gasteiger partial charge in [-0.15, -0.1) is 0 Å². The summed E-state index contributed by atoms with van der Waals surface area (Å²) in [7, 11) is 0. The number of carbonyl (C=O) groups excluding carboxylic acids is 1. The second kappa shape index (κ2) is 9.27. The Bertz CT molecular complexity index is 994. The Labute approximate surface area is 186 Å². The molecule has 0 saturated carbocycles. The molecular formula is C24H27ClFNO4. The van der Waals surface area contributed by atoms with Gasteiger partial charge in [-0.05, 0) is 60.7 Å². The van der Waals surface area contributed by atoms with Gasteiger partial charge in [-0.2, -0.15) is 0 Å². The Hall–Kier alpha value is -2.60. The highest BCUT2D eigenvalue weighted by Gasteiger charge is 2.36. The van der Waals surface area contributed by atoms with Crippen molar-refractivity contribution < 1.29 is 23.8 Å². The first-order valence-electron chi connectivity index (χ1n) is 10.3. The van der Waals surface area contributed by atoms with E-state index in [-0.39, 0.29) is 17.5 Å². The summed E-state index contributed by atoms with van der Waals surface area (Å²) in [6.45, 7) is 6.06. The molecule has 166 valence electrons. The van der Waals surface area contributed by atoms with Gasteiger partial charge in [0, 0.05) is 24.9 Å². The molecule has 2 aromatic rings. The Morgan fingerprint density at radius 1 is 1.26 bits per heavy atom. The molecule has 3 rings (SSSR count). The predicted molar refractivity (Wildman–Crippen MR) is 117 cm³/mol. The zero-order chi connectivity index (χ0) is 22.8. The van der Waals surface area contributed by atoms with Gasteiger partial charge in [0.2, 0.25) is 0 Å². The van der Waals surface area contributed by atoms with Crippen LogP contribution in [-0.2, 0) is 17.6 Å². The number of halogens is 2. The Morgan fingerprint density at radius 3 is 2.65 bits per heavy atom. The van der Waals surface area contributed by atoms with Gasteiger partial charge in [-0.3, -0.25) is 9.59 Å². The number of aliphatic carboxylic acids is 1. The lowest BCUT2D eigenvalue weighted by molar-refractivity contribution is -0.137. The standard InChI is InChI=1S/C24H27ClFNO4/c1-15(2)8-9-27(14-22(28)29)23(30)17-5-7-21-18(11-17)13-24(3,31-21)12-16-4-6-19(25)20(26)10-16/h4-7,10-11,15H,8-9,12-14H2,1-3H3,(H,28,29)/t24-/m0/s1. The van der Waals surface area contributed by atoms with E-state index in [1.807, 2.05) is 20.8 Å². The van der Waals surface area contributed by atoms with Gasteiger partial charge in [-0.1, -0.05) is 31.5 Å². The molecule has 1 amide bonds. The van der Waals surface area contributed by atoms with Crippen LogP contribution in [0, 0.1) is 11.7 Å². The summed E-state index contributed by atoms with van der Waals surface area (Å²) in [5.74, 6) is -0.772. The third kappa shape index (κ3) is 5.76. The molecule has 0 unspecified atom stereocenters. The molecule has 1 aliphatic rings. The van der Waals surface area contributed by atoms with Gasteiger partial charge in [0.25, 0.3) is 5.91 Å². The molecule has 0 fully saturated rings. The van der Waals surface area contributed by atoms with E-state index in [2.05, 4.69) is 0 Å². The average molecular weight is 448 g/mol. The van der Waals surface area contributed by atoms with Crippen molar-refractivity contribution in [3.8, 4) is 5.75 Å². The smallest absolute Gasteiger partial charge is 0.323 e. The summed E-state index contributed by atoms with van der Waals surface area (Å²) in [4.78, 5) is 25.6. The predicted octanol–water partition coefficient (Wildman–Crippen LogP) is 4.99. The lowest BCUT2D eigenvalue weighted by Crippen LogP contribution is -2.37. The molecule has 5 nitrogen and oxygen atoms in total. The normalized spacial score (nSPS) is 17.4. The van der Waals surface area contributed by atoms with Crippen molar-refractivity contribution in [2.75, 3.05) is 13.1 Å². The lowest BCUT2D eigenvalue weighted by Gasteiger charge is -2.24. The van der Waals surface area contributed by atoms with Gasteiger partial charge in [0.15, 0.2) is 0 Å². The Kier molecular flexibility index (Phi) is 6.90. The van der Waals surface area contributed by atoms with Crippen molar-refractivity contribution in [2.24, 2.45) is 5.92 Å². The largest absolute Gasteiger partial charge is 0.487 e. The number of nitrogens with zero attached hydrogens (tertiary/aromatic N) is 1. The zero-order valence-electron chi connectivity index (χ0n) is 18.0. The minimum Gasteiger partial charge on any atom is -0.487 e. The maximum Gasteiger partial charge on any atom is 0.323 e. The van der Waals surface area contributed by atoms with E-state index in [0.29, 0.717) is 36.6 Å². The maximum absolute atomic E-state index is 13.8. The van der Waals surface area contributed by atoms with Gasteiger partial charge in [0.05, 0.1) is 5.02 Å². The lowest BCUT2D eigenvalue weighted by atomic mass is 9.91. The fraction of sp³-hybridized carbons (Fsp3) is 0.417. The van der Waals surface area contributed by atoms with E-state index >= 15 is 0 Å². The van der Waals surface area contributed by atoms with Crippen LogP contribution < -0.4 is 4.74 Å². The minimum atomic E-state index is -1.04. The fourth-order valence-electron chi connectivity index (χ4n) is 3.85. The van der Waals surface area contributed by atoms with Crippen molar-refractivity contribution in [1.82, 2.24) is 4.90 Å². The SMILES string of the molecule is CC(C)CCN(CC(=O)O)C(=O)c1ccc2c(c1)C[C@](C)(Cc1ccc(Cl)c(F)c1)O2. The molecule has 0 radical (unpaired) electrons. The number of carboxylic acid groups (broad SMARTS) is 1. The Morgan fingerprint density at radius 2 is 2.00 bits per heavy atom. The molecule has 2 aromatic carbocycles. The number of ether oxygens (including phenoxy) is 1. The highest BCUT2D eigenvalue weighted by atomic mass is 35.5. The second-order valence-electron chi connectivity index (χ2n) is 8.78. The number of hydrogen-bond donors (Lipinski definition) is 1. The molecule has 0 aromatic heterocycles. The van der Waals surface area contributed by atoms with Gasteiger partial charge in [0.1, 0.15) is 23.7 Å². The highest BCUT2D eigenvalue weighted by molar-refractivity contribution is 6.30. The summed E-state index contributed by atoms with van der Waals surface area (Å²) in [5.41, 5.74) is 1.51. The molecule has 0 saturated heterocycles. The number of amides is 1. The molecule has 1 atom stereocenters. The number of benzene rings is 2. The van der Waals surface area contributed by atoms with Crippen LogP contribution in [0.2, 0.25) is 5.02 Å². The van der Waals surface area contributed by atoms with Crippen LogP contribution in [0.4, 0.5) is 4.39 Å². The van der Waals surface area contributed by atoms with E-state index in [9.17, 15) is 19.1 Å². The van der Waals surface area contributed by atoms with E-state index in [0.717, 1.165) is 17.5 Å². The first-order chi connectivity index (χ1) is 14.6. The topological polar surface area (TPSA) is 66.8 Å². The van der Waals surface area contributed by atoms with E-state index < -0.39 is 17.4 Å². The van der Waals surface area contributed by atoms with Crippen LogP contribution in [0.3, 0.4) is 0 Å². The summed E-state index contributed by atoms with van der Waals surface area (Å²) in [6.07, 6.45) is 1.76. The quantitative estimate of drug-likeness (QED) is 0.619. The van der Waals surface area contributed by atoms with Crippen molar-refractivity contribution in [3.05, 3.63) is 63.9 Å². The Balaban J connectivity index is 1.76. The van der Waals surface area contributed by atoms with E-state index in [1.165, 1.54) is 17.0 Å². The molecule has 0 bridgehead atoms. The summed E-state index contributed by atoms with van der Waals surface area (Å²) < 4.78 is 19.9. The van der Waals surface area contributed by atoms with Crippen molar-refractivity contribution in [3.63, 3.8) is 0 Å². The number of rotatable bonds is 8. The monoisotopic (exact) mass is 447 g/mol. The third-order valence-electron chi connectivity index (χ3n) is 5.38. The van der Waals surface area contributed by atoms with Gasteiger partial charge >= 0.3 is 5.97 Å². The molecular weight excluding hydrogens is 421 g/mol. The third-order valence-corrected chi connectivity index (χ3v) is 5.69. The number of fused-ring (bicyclic) bond motifs is 1. The van der Waals surface area contributed by atoms with Crippen LogP contribution in [-0.4, -0.2) is 40.6 Å². The minimum absolute atomic E-state index is 0.0797. The number of carbonyl (C=O) groups is 2. The average Bonchev–Trinajstić information content (AvgIpc) is 3.01. The van der Waals surface area contributed by atoms with Gasteiger partial charge < -0.3 is 14.7 Å². The fourth-order valence-corrected chi connectivity index (χ4v) is 3.96. The molecule has 31 heavy (non-hydrogen) atoms. The second-order valence-corrected chi connectivity index (χ2v) is 9.19. The van der Waals surface area contributed by atoms with Crippen LogP contribution in [0.5, 0.6) is 5.75 Å². The molecule has 1 aliphatic heterocycles. The van der Waals surface area contributed by atoms with Gasteiger partial charge in [-0.25, -0.2) is 4.39 Å². The molecule has 7 heteroatoms. The molecule has 1 N–H and O–H groups in total. The molecule has 0 spiro atoms. The molecule has 0 aliphatic carbocycles. The van der Waals surface area contributed by atoms with Crippen LogP contribution in [0.25, 0.3) is 0 Å². The maximum atomic E-state index is 13.8. The van der Waals surface area contributed by atoms with Crippen LogP contribution in [0.1, 0.15) is 48.7 Å². The molecule has 1 heterocycles. The highest BCUT2D eigenvalue weighted by Crippen LogP contribution is 2.38.